The van der Waals surface area contributed by atoms with Crippen molar-refractivity contribution in [2.24, 2.45) is 0 Å². The summed E-state index contributed by atoms with van der Waals surface area (Å²) in [6.07, 6.45) is 6.61. The van der Waals surface area contributed by atoms with E-state index in [2.05, 4.69) is 63.8 Å². The lowest BCUT2D eigenvalue weighted by atomic mass is 9.99. The summed E-state index contributed by atoms with van der Waals surface area (Å²) in [6.45, 7) is 2.97. The second kappa shape index (κ2) is 10.6. The lowest BCUT2D eigenvalue weighted by molar-refractivity contribution is -0.178. The third kappa shape index (κ3) is 5.34. The summed E-state index contributed by atoms with van der Waals surface area (Å²) in [5.41, 5.74) is 6.76. The number of rotatable bonds is 10. The first kappa shape index (κ1) is 21.6. The summed E-state index contributed by atoms with van der Waals surface area (Å²) in [5.74, 6) is 1.62. The van der Waals surface area contributed by atoms with Crippen LogP contribution in [-0.4, -0.2) is 28.8 Å². The van der Waals surface area contributed by atoms with Crippen molar-refractivity contribution in [3.8, 4) is 28.1 Å². The summed E-state index contributed by atoms with van der Waals surface area (Å²) in [6, 6.07) is 20.7. The molecule has 2 aromatic heterocycles. The van der Waals surface area contributed by atoms with E-state index in [1.165, 1.54) is 12.7 Å². The van der Waals surface area contributed by atoms with Crippen LogP contribution in [0.4, 0.5) is 5.82 Å². The van der Waals surface area contributed by atoms with Crippen molar-refractivity contribution >= 4 is 5.82 Å². The molecule has 4 aromatic rings. The molecule has 0 amide bonds. The number of H-pyrrole nitrogens is 1. The molecular formula is C26H28N4O2. The Morgan fingerprint density at radius 3 is 2.53 bits per heavy atom. The van der Waals surface area contributed by atoms with Gasteiger partial charge in [-0.25, -0.2) is 0 Å². The number of aromatic nitrogens is 3. The number of hydrogen-bond donors (Lipinski definition) is 2. The van der Waals surface area contributed by atoms with Crippen molar-refractivity contribution in [1.29, 1.82) is 0 Å². The molecule has 2 heterocycles. The number of hydrogen-bond acceptors (Lipinski definition) is 5. The van der Waals surface area contributed by atoms with Crippen LogP contribution >= 0.6 is 0 Å². The number of benzene rings is 2. The minimum absolute atomic E-state index is 0.758. The fourth-order valence-electron chi connectivity index (χ4n) is 3.66. The molecule has 0 saturated carbocycles. The minimum atomic E-state index is 0.758. The Hall–Kier alpha value is -3.64. The molecular weight excluding hydrogens is 400 g/mol. The van der Waals surface area contributed by atoms with Crippen molar-refractivity contribution in [1.82, 2.24) is 15.2 Å². The standard InChI is InChI=1S/C26H28N4O2/c1-3-20-16-23(12-13-25(20)32-31-2)21-8-10-22(11-9-21)24-17-26(30-29-24)28-15-5-7-19-6-4-14-27-18-19/h4,6,8-14,16-18H,3,5,7,15H2,1-2H3,(H2,28,29,30). The van der Waals surface area contributed by atoms with E-state index in [0.29, 0.717) is 0 Å². The van der Waals surface area contributed by atoms with Gasteiger partial charge in [-0.15, -0.1) is 0 Å². The summed E-state index contributed by atoms with van der Waals surface area (Å²) in [5, 5.41) is 10.9. The number of anilines is 1. The zero-order valence-corrected chi connectivity index (χ0v) is 18.5. The van der Waals surface area contributed by atoms with Crippen LogP contribution in [0.2, 0.25) is 0 Å². The Kier molecular flexibility index (Phi) is 7.15. The van der Waals surface area contributed by atoms with Crippen LogP contribution in [0, 0.1) is 0 Å². The van der Waals surface area contributed by atoms with Crippen LogP contribution in [0.3, 0.4) is 0 Å². The molecule has 0 fully saturated rings. The maximum atomic E-state index is 5.24. The van der Waals surface area contributed by atoms with E-state index < -0.39 is 0 Å². The highest BCUT2D eigenvalue weighted by Crippen LogP contribution is 2.29. The largest absolute Gasteiger partial charge is 0.369 e. The van der Waals surface area contributed by atoms with E-state index in [1.54, 1.807) is 6.20 Å². The van der Waals surface area contributed by atoms with Crippen LogP contribution in [0.5, 0.6) is 5.75 Å². The average Bonchev–Trinajstić information content (AvgIpc) is 3.32. The van der Waals surface area contributed by atoms with Crippen LogP contribution in [-0.2, 0) is 17.7 Å². The lowest BCUT2D eigenvalue weighted by Crippen LogP contribution is -2.03. The van der Waals surface area contributed by atoms with Crippen molar-refractivity contribution < 1.29 is 9.78 Å². The van der Waals surface area contributed by atoms with Crippen molar-refractivity contribution in [3.05, 3.63) is 84.2 Å². The molecule has 0 spiro atoms. The average molecular weight is 429 g/mol. The lowest BCUT2D eigenvalue weighted by Gasteiger charge is -2.10. The van der Waals surface area contributed by atoms with Crippen molar-refractivity contribution in [2.45, 2.75) is 26.2 Å². The van der Waals surface area contributed by atoms with Gasteiger partial charge in [0.25, 0.3) is 0 Å². The van der Waals surface area contributed by atoms with Gasteiger partial charge in [-0.2, -0.15) is 9.99 Å². The molecule has 0 aliphatic carbocycles. The predicted molar refractivity (Wildman–Crippen MR) is 128 cm³/mol. The molecule has 0 aliphatic rings. The number of aryl methyl sites for hydroxylation is 2. The zero-order valence-electron chi connectivity index (χ0n) is 18.5. The minimum Gasteiger partial charge on any atom is -0.369 e. The van der Waals surface area contributed by atoms with Gasteiger partial charge < -0.3 is 10.2 Å². The van der Waals surface area contributed by atoms with Crippen LogP contribution in [0.25, 0.3) is 22.4 Å². The predicted octanol–water partition coefficient (Wildman–Crippen LogP) is 5.69. The third-order valence-electron chi connectivity index (χ3n) is 5.39. The monoisotopic (exact) mass is 428 g/mol. The Balaban J connectivity index is 1.37. The molecule has 0 radical (unpaired) electrons. The first-order chi connectivity index (χ1) is 15.8. The highest BCUT2D eigenvalue weighted by Gasteiger charge is 2.08. The van der Waals surface area contributed by atoms with Gasteiger partial charge >= 0.3 is 0 Å². The molecule has 0 aliphatic heterocycles. The summed E-state index contributed by atoms with van der Waals surface area (Å²) >= 11 is 0. The molecule has 0 saturated heterocycles. The van der Waals surface area contributed by atoms with E-state index in [-0.39, 0.29) is 0 Å². The smallest absolute Gasteiger partial charge is 0.168 e. The molecule has 2 aromatic carbocycles. The van der Waals surface area contributed by atoms with E-state index >= 15 is 0 Å². The third-order valence-corrected chi connectivity index (χ3v) is 5.39. The fourth-order valence-corrected chi connectivity index (χ4v) is 3.66. The molecule has 0 bridgehead atoms. The van der Waals surface area contributed by atoms with Gasteiger partial charge in [0, 0.05) is 25.0 Å². The first-order valence-electron chi connectivity index (χ1n) is 10.9. The quantitative estimate of drug-likeness (QED) is 0.193. The summed E-state index contributed by atoms with van der Waals surface area (Å²) in [7, 11) is 1.52. The van der Waals surface area contributed by atoms with Gasteiger partial charge in [-0.1, -0.05) is 43.3 Å². The van der Waals surface area contributed by atoms with Crippen LogP contribution in [0.1, 0.15) is 24.5 Å². The van der Waals surface area contributed by atoms with Gasteiger partial charge in [0.15, 0.2) is 5.75 Å². The summed E-state index contributed by atoms with van der Waals surface area (Å²) < 4.78 is 0. The fraction of sp³-hybridized carbons (Fsp3) is 0.231. The highest BCUT2D eigenvalue weighted by atomic mass is 17.2. The van der Waals surface area contributed by atoms with Gasteiger partial charge in [-0.05, 0) is 65.3 Å². The van der Waals surface area contributed by atoms with Crippen LogP contribution < -0.4 is 10.2 Å². The Bertz CT molecular complexity index is 1120. The Morgan fingerprint density at radius 2 is 1.78 bits per heavy atom. The molecule has 0 atom stereocenters. The SMILES string of the molecule is CCc1cc(-c2ccc(-c3cc(NCCCc4cccnc4)n[nH]3)cc2)ccc1OOC. The topological polar surface area (TPSA) is 72.1 Å². The Morgan fingerprint density at radius 1 is 0.969 bits per heavy atom. The Labute approximate surface area is 188 Å². The van der Waals surface area contributed by atoms with Crippen molar-refractivity contribution in [3.63, 3.8) is 0 Å². The van der Waals surface area contributed by atoms with E-state index in [1.807, 2.05) is 30.5 Å². The van der Waals surface area contributed by atoms with Gasteiger partial charge in [0.05, 0.1) is 12.8 Å². The molecule has 4 rings (SSSR count). The first-order valence-corrected chi connectivity index (χ1v) is 10.9. The van der Waals surface area contributed by atoms with Gasteiger partial charge in [-0.3, -0.25) is 10.1 Å². The van der Waals surface area contributed by atoms with Gasteiger partial charge in [0.1, 0.15) is 5.82 Å². The maximum Gasteiger partial charge on any atom is 0.168 e. The van der Waals surface area contributed by atoms with Crippen LogP contribution in [0.15, 0.2) is 73.1 Å². The van der Waals surface area contributed by atoms with E-state index in [0.717, 1.165) is 65.3 Å². The molecule has 32 heavy (non-hydrogen) atoms. The zero-order chi connectivity index (χ0) is 22.2. The molecule has 6 nitrogen and oxygen atoms in total. The van der Waals surface area contributed by atoms with E-state index in [9.17, 15) is 0 Å². The number of aromatic amines is 1. The van der Waals surface area contributed by atoms with Gasteiger partial charge in [0.2, 0.25) is 0 Å². The molecule has 164 valence electrons. The second-order valence-corrected chi connectivity index (χ2v) is 7.56. The summed E-state index contributed by atoms with van der Waals surface area (Å²) in [4.78, 5) is 14.2. The number of pyridine rings is 1. The maximum absolute atomic E-state index is 5.24. The van der Waals surface area contributed by atoms with Crippen molar-refractivity contribution in [2.75, 3.05) is 19.0 Å². The second-order valence-electron chi connectivity index (χ2n) is 7.56. The molecule has 6 heteroatoms. The molecule has 2 N–H and O–H groups in total. The number of nitrogens with zero attached hydrogens (tertiary/aromatic N) is 2. The normalized spacial score (nSPS) is 10.8. The van der Waals surface area contributed by atoms with E-state index in [4.69, 9.17) is 9.78 Å². The molecule has 0 unspecified atom stereocenters. The highest BCUT2D eigenvalue weighted by molar-refractivity contribution is 5.71. The number of nitrogens with one attached hydrogen (secondary N) is 2.